The number of aromatic nitrogens is 2. The molecule has 31 heavy (non-hydrogen) atoms. The Morgan fingerprint density at radius 1 is 1.06 bits per heavy atom. The number of halogens is 1. The summed E-state index contributed by atoms with van der Waals surface area (Å²) < 4.78 is 1.88. The summed E-state index contributed by atoms with van der Waals surface area (Å²) in [7, 11) is 0. The fraction of sp³-hybridized carbons (Fsp3) is 0.208. The molecule has 3 rings (SSSR count). The van der Waals surface area contributed by atoms with Crippen molar-refractivity contribution in [2.24, 2.45) is 0 Å². The van der Waals surface area contributed by atoms with Crippen molar-refractivity contribution in [1.82, 2.24) is 9.78 Å². The van der Waals surface area contributed by atoms with Gasteiger partial charge in [0.15, 0.2) is 0 Å². The zero-order valence-electron chi connectivity index (χ0n) is 18.0. The van der Waals surface area contributed by atoms with Gasteiger partial charge in [-0.05, 0) is 56.2 Å². The van der Waals surface area contributed by atoms with Gasteiger partial charge in [-0.15, -0.1) is 0 Å². The zero-order chi connectivity index (χ0) is 22.5. The van der Waals surface area contributed by atoms with E-state index in [2.05, 4.69) is 15.7 Å². The number of hydrogen-bond donors (Lipinski definition) is 2. The van der Waals surface area contributed by atoms with Gasteiger partial charge < -0.3 is 10.6 Å². The van der Waals surface area contributed by atoms with Gasteiger partial charge in [-0.2, -0.15) is 5.10 Å². The highest BCUT2D eigenvalue weighted by Crippen LogP contribution is 2.24. The molecule has 0 atom stereocenters. The van der Waals surface area contributed by atoms with Crippen molar-refractivity contribution in [2.45, 2.75) is 34.2 Å². The van der Waals surface area contributed by atoms with Crippen LogP contribution >= 0.6 is 11.6 Å². The number of hydrogen-bond acceptors (Lipinski definition) is 3. The van der Waals surface area contributed by atoms with Gasteiger partial charge in [-0.25, -0.2) is 0 Å². The maximum absolute atomic E-state index is 12.5. The third-order valence-corrected chi connectivity index (χ3v) is 5.23. The van der Waals surface area contributed by atoms with Crippen molar-refractivity contribution >= 4 is 40.9 Å². The van der Waals surface area contributed by atoms with Crippen LogP contribution in [0, 0.1) is 20.8 Å². The minimum Gasteiger partial charge on any atom is -0.325 e. The molecular weight excluding hydrogens is 412 g/mol. The summed E-state index contributed by atoms with van der Waals surface area (Å²) in [6.07, 6.45) is 3.22. The van der Waals surface area contributed by atoms with E-state index in [1.807, 2.05) is 61.9 Å². The second kappa shape index (κ2) is 9.62. The molecule has 0 bridgehead atoms. The highest BCUT2D eigenvalue weighted by molar-refractivity contribution is 6.31. The number of aryl methyl sites for hydroxylation is 2. The molecule has 160 valence electrons. The molecule has 0 radical (unpaired) electrons. The first-order chi connectivity index (χ1) is 14.7. The Labute approximate surface area is 186 Å². The summed E-state index contributed by atoms with van der Waals surface area (Å²) in [4.78, 5) is 24.0. The number of nitrogens with one attached hydrogen (secondary N) is 2. The SMILES string of the molecule is CC(=O)Nc1ccc(C)cc1NC(=O)/C=C/c1c(C)nn(Cc2ccccc2Cl)c1C. The Morgan fingerprint density at radius 3 is 2.52 bits per heavy atom. The van der Waals surface area contributed by atoms with Gasteiger partial charge in [0, 0.05) is 29.3 Å². The first-order valence-electron chi connectivity index (χ1n) is 9.89. The molecule has 2 amide bonds. The van der Waals surface area contributed by atoms with Crippen LogP contribution in [0.1, 0.15) is 35.0 Å². The van der Waals surface area contributed by atoms with Crippen molar-refractivity contribution in [1.29, 1.82) is 0 Å². The largest absolute Gasteiger partial charge is 0.325 e. The lowest BCUT2D eigenvalue weighted by Gasteiger charge is -2.11. The van der Waals surface area contributed by atoms with E-state index in [9.17, 15) is 9.59 Å². The first-order valence-corrected chi connectivity index (χ1v) is 10.3. The molecule has 0 spiro atoms. The van der Waals surface area contributed by atoms with Gasteiger partial charge in [0.1, 0.15) is 0 Å². The fourth-order valence-corrected chi connectivity index (χ4v) is 3.48. The first kappa shape index (κ1) is 22.3. The van der Waals surface area contributed by atoms with E-state index < -0.39 is 0 Å². The van der Waals surface area contributed by atoms with Gasteiger partial charge in [-0.1, -0.05) is 35.9 Å². The number of rotatable bonds is 6. The molecule has 3 aromatic rings. The molecule has 0 aliphatic carbocycles. The summed E-state index contributed by atoms with van der Waals surface area (Å²) in [6, 6.07) is 13.1. The average Bonchev–Trinajstić information content (AvgIpc) is 2.96. The summed E-state index contributed by atoms with van der Waals surface area (Å²) in [6.45, 7) is 7.77. The van der Waals surface area contributed by atoms with E-state index in [0.29, 0.717) is 22.9 Å². The third-order valence-electron chi connectivity index (χ3n) is 4.86. The molecule has 0 saturated heterocycles. The highest BCUT2D eigenvalue weighted by atomic mass is 35.5. The summed E-state index contributed by atoms with van der Waals surface area (Å²) >= 11 is 6.27. The molecule has 0 saturated carbocycles. The number of carbonyl (C=O) groups excluding carboxylic acids is 2. The van der Waals surface area contributed by atoms with Crippen LogP contribution in [-0.2, 0) is 16.1 Å². The van der Waals surface area contributed by atoms with E-state index in [-0.39, 0.29) is 11.8 Å². The van der Waals surface area contributed by atoms with Crippen LogP contribution in [0.25, 0.3) is 6.08 Å². The van der Waals surface area contributed by atoms with Crippen molar-refractivity contribution in [3.63, 3.8) is 0 Å². The van der Waals surface area contributed by atoms with Gasteiger partial charge in [-0.3, -0.25) is 14.3 Å². The number of nitrogens with zero attached hydrogens (tertiary/aromatic N) is 2. The molecule has 0 unspecified atom stereocenters. The zero-order valence-corrected chi connectivity index (χ0v) is 18.7. The van der Waals surface area contributed by atoms with Crippen LogP contribution in [0.15, 0.2) is 48.5 Å². The third kappa shape index (κ3) is 5.61. The van der Waals surface area contributed by atoms with Gasteiger partial charge in [0.2, 0.25) is 11.8 Å². The minimum atomic E-state index is -0.296. The molecule has 0 fully saturated rings. The van der Waals surface area contributed by atoms with Crippen LogP contribution in [0.3, 0.4) is 0 Å². The Hall–Kier alpha value is -3.38. The van der Waals surface area contributed by atoms with Crippen molar-refractivity contribution in [2.75, 3.05) is 10.6 Å². The van der Waals surface area contributed by atoms with Crippen LogP contribution in [0.5, 0.6) is 0 Å². The molecular formula is C24H25ClN4O2. The van der Waals surface area contributed by atoms with Crippen molar-refractivity contribution < 1.29 is 9.59 Å². The number of carbonyl (C=O) groups is 2. The smallest absolute Gasteiger partial charge is 0.248 e. The summed E-state index contributed by atoms with van der Waals surface area (Å²) in [5, 5.41) is 10.9. The van der Waals surface area contributed by atoms with Gasteiger partial charge in [0.25, 0.3) is 0 Å². The van der Waals surface area contributed by atoms with E-state index in [0.717, 1.165) is 28.1 Å². The average molecular weight is 437 g/mol. The Morgan fingerprint density at radius 2 is 1.81 bits per heavy atom. The molecule has 0 aliphatic heterocycles. The predicted molar refractivity (Wildman–Crippen MR) is 125 cm³/mol. The summed E-state index contributed by atoms with van der Waals surface area (Å²) in [5.74, 6) is -0.498. The van der Waals surface area contributed by atoms with Crippen LogP contribution < -0.4 is 10.6 Å². The topological polar surface area (TPSA) is 76.0 Å². The molecule has 2 N–H and O–H groups in total. The monoisotopic (exact) mass is 436 g/mol. The van der Waals surface area contributed by atoms with E-state index >= 15 is 0 Å². The Bertz CT molecular complexity index is 1160. The Balaban J connectivity index is 1.77. The summed E-state index contributed by atoms with van der Waals surface area (Å²) in [5.41, 5.74) is 5.70. The van der Waals surface area contributed by atoms with Gasteiger partial charge in [0.05, 0.1) is 23.6 Å². The van der Waals surface area contributed by atoms with Crippen LogP contribution in [0.2, 0.25) is 5.02 Å². The molecule has 1 aromatic heterocycles. The standard InChI is InChI=1S/C24H25ClN4O2/c1-15-9-11-22(26-18(4)30)23(13-15)27-24(31)12-10-20-16(2)28-29(17(20)3)14-19-7-5-6-8-21(19)25/h5-13H,14H2,1-4H3,(H,26,30)(H,27,31)/b12-10+. The van der Waals surface area contributed by atoms with E-state index in [1.54, 1.807) is 12.1 Å². The van der Waals surface area contributed by atoms with E-state index in [1.165, 1.54) is 13.0 Å². The predicted octanol–water partition coefficient (Wildman–Crippen LogP) is 5.12. The lowest BCUT2D eigenvalue weighted by molar-refractivity contribution is -0.114. The number of amides is 2. The second-order valence-electron chi connectivity index (χ2n) is 7.39. The number of benzene rings is 2. The highest BCUT2D eigenvalue weighted by Gasteiger charge is 2.12. The Kier molecular flexibility index (Phi) is 6.92. The van der Waals surface area contributed by atoms with Crippen LogP contribution in [0.4, 0.5) is 11.4 Å². The maximum Gasteiger partial charge on any atom is 0.248 e. The lowest BCUT2D eigenvalue weighted by atomic mass is 10.1. The number of anilines is 2. The van der Waals surface area contributed by atoms with Crippen molar-refractivity contribution in [3.8, 4) is 0 Å². The minimum absolute atomic E-state index is 0.202. The normalized spacial score (nSPS) is 11.0. The van der Waals surface area contributed by atoms with Crippen LogP contribution in [-0.4, -0.2) is 21.6 Å². The molecule has 0 aliphatic rings. The maximum atomic E-state index is 12.5. The van der Waals surface area contributed by atoms with Crippen molar-refractivity contribution in [3.05, 3.63) is 81.6 Å². The second-order valence-corrected chi connectivity index (χ2v) is 7.79. The molecule has 6 nitrogen and oxygen atoms in total. The molecule has 2 aromatic carbocycles. The lowest BCUT2D eigenvalue weighted by Crippen LogP contribution is -2.13. The molecule has 1 heterocycles. The van der Waals surface area contributed by atoms with Gasteiger partial charge >= 0.3 is 0 Å². The fourth-order valence-electron chi connectivity index (χ4n) is 3.29. The van der Waals surface area contributed by atoms with E-state index in [4.69, 9.17) is 11.6 Å². The molecule has 7 heteroatoms. The quantitative estimate of drug-likeness (QED) is 0.526.